The van der Waals surface area contributed by atoms with Crippen LogP contribution in [-0.4, -0.2) is 32.7 Å². The van der Waals surface area contributed by atoms with Crippen LogP contribution in [0.15, 0.2) is 12.7 Å². The van der Waals surface area contributed by atoms with Gasteiger partial charge in [0.1, 0.15) is 0 Å². The van der Waals surface area contributed by atoms with E-state index in [9.17, 15) is 0 Å². The van der Waals surface area contributed by atoms with E-state index in [-0.39, 0.29) is 5.79 Å². The first kappa shape index (κ1) is 11.7. The summed E-state index contributed by atoms with van der Waals surface area (Å²) in [6.45, 7) is 4.27. The minimum atomic E-state index is -0.367. The average Bonchev–Trinajstić information content (AvgIpc) is 2.27. The molecule has 3 heteroatoms. The maximum atomic E-state index is 5.59. The molecule has 0 spiro atoms. The molecular weight excluding hydrogens is 180 g/mol. The Morgan fingerprint density at radius 1 is 1.29 bits per heavy atom. The highest BCUT2D eigenvalue weighted by atomic mass is 16.7. The predicted octanol–water partition coefficient (Wildman–Crippen LogP) is 2.12. The fraction of sp³-hybridized carbons (Fsp3) is 0.818. The summed E-state index contributed by atoms with van der Waals surface area (Å²) in [6.07, 6.45) is 5.93. The summed E-state index contributed by atoms with van der Waals surface area (Å²) >= 11 is 0. The van der Waals surface area contributed by atoms with Crippen molar-refractivity contribution < 1.29 is 14.2 Å². The minimum Gasteiger partial charge on any atom is -0.374 e. The van der Waals surface area contributed by atoms with Gasteiger partial charge in [0.25, 0.3) is 0 Å². The second-order valence-corrected chi connectivity index (χ2v) is 3.64. The molecule has 0 aromatic carbocycles. The quantitative estimate of drug-likeness (QED) is 0.502. The summed E-state index contributed by atoms with van der Waals surface area (Å²) in [4.78, 5) is 0. The van der Waals surface area contributed by atoms with Crippen LogP contribution in [0.4, 0.5) is 0 Å². The molecule has 1 saturated carbocycles. The Labute approximate surface area is 86.0 Å². The van der Waals surface area contributed by atoms with Crippen LogP contribution in [0.2, 0.25) is 0 Å². The molecule has 0 radical (unpaired) electrons. The Kier molecular flexibility index (Phi) is 4.58. The van der Waals surface area contributed by atoms with Gasteiger partial charge in [-0.05, 0) is 12.8 Å². The van der Waals surface area contributed by atoms with Gasteiger partial charge in [-0.25, -0.2) is 0 Å². The number of methoxy groups -OCH3 is 2. The number of ether oxygens (including phenoxy) is 3. The van der Waals surface area contributed by atoms with E-state index in [1.165, 1.54) is 0 Å². The first-order chi connectivity index (χ1) is 6.76. The van der Waals surface area contributed by atoms with E-state index in [1.807, 2.05) is 0 Å². The smallest absolute Gasteiger partial charge is 0.167 e. The molecular formula is C11H20O3. The third kappa shape index (κ3) is 2.80. The Balaban J connectivity index is 2.32. The van der Waals surface area contributed by atoms with Crippen LogP contribution in [0.1, 0.15) is 25.7 Å². The highest BCUT2D eigenvalue weighted by Crippen LogP contribution is 2.32. The molecule has 0 aromatic heterocycles. The highest BCUT2D eigenvalue weighted by molar-refractivity contribution is 4.80. The first-order valence-corrected chi connectivity index (χ1v) is 5.09. The van der Waals surface area contributed by atoms with Gasteiger partial charge in [-0.1, -0.05) is 6.08 Å². The molecule has 0 N–H and O–H groups in total. The van der Waals surface area contributed by atoms with Gasteiger partial charge in [0.05, 0.1) is 12.7 Å². The molecule has 1 fully saturated rings. The van der Waals surface area contributed by atoms with Gasteiger partial charge in [-0.3, -0.25) is 0 Å². The van der Waals surface area contributed by atoms with Crippen LogP contribution in [0, 0.1) is 0 Å². The number of rotatable bonds is 5. The zero-order valence-corrected chi connectivity index (χ0v) is 9.12. The van der Waals surface area contributed by atoms with Crippen LogP contribution >= 0.6 is 0 Å². The highest BCUT2D eigenvalue weighted by Gasteiger charge is 2.35. The van der Waals surface area contributed by atoms with Crippen molar-refractivity contribution in [2.45, 2.75) is 37.6 Å². The first-order valence-electron chi connectivity index (χ1n) is 5.09. The summed E-state index contributed by atoms with van der Waals surface area (Å²) in [7, 11) is 3.41. The minimum absolute atomic E-state index is 0.339. The van der Waals surface area contributed by atoms with Gasteiger partial charge in [-0.15, -0.1) is 6.58 Å². The molecule has 1 aliphatic rings. The standard InChI is InChI=1S/C11H20O3/c1-4-9-14-10-5-7-11(12-2,13-3)8-6-10/h4,10H,1,5-9H2,2-3H3. The van der Waals surface area contributed by atoms with Crippen LogP contribution in [-0.2, 0) is 14.2 Å². The zero-order valence-electron chi connectivity index (χ0n) is 9.12. The molecule has 0 aromatic rings. The lowest BCUT2D eigenvalue weighted by Crippen LogP contribution is -2.40. The SMILES string of the molecule is C=CCOC1CCC(OC)(OC)CC1. The van der Waals surface area contributed by atoms with E-state index in [1.54, 1.807) is 20.3 Å². The Morgan fingerprint density at radius 3 is 2.29 bits per heavy atom. The fourth-order valence-electron chi connectivity index (χ4n) is 1.89. The molecule has 0 aliphatic heterocycles. The van der Waals surface area contributed by atoms with E-state index in [2.05, 4.69) is 6.58 Å². The molecule has 1 rings (SSSR count). The van der Waals surface area contributed by atoms with E-state index in [4.69, 9.17) is 14.2 Å². The Morgan fingerprint density at radius 2 is 1.86 bits per heavy atom. The van der Waals surface area contributed by atoms with Gasteiger partial charge < -0.3 is 14.2 Å². The monoisotopic (exact) mass is 200 g/mol. The lowest BCUT2D eigenvalue weighted by molar-refractivity contribution is -0.233. The van der Waals surface area contributed by atoms with Crippen molar-refractivity contribution >= 4 is 0 Å². The summed E-state index contributed by atoms with van der Waals surface area (Å²) in [5, 5.41) is 0. The third-order valence-electron chi connectivity index (χ3n) is 2.89. The molecule has 0 heterocycles. The van der Waals surface area contributed by atoms with Crippen LogP contribution in [0.5, 0.6) is 0 Å². The van der Waals surface area contributed by atoms with Crippen molar-refractivity contribution in [2.24, 2.45) is 0 Å². The Hall–Kier alpha value is -0.380. The molecule has 14 heavy (non-hydrogen) atoms. The molecule has 0 unspecified atom stereocenters. The van der Waals surface area contributed by atoms with Gasteiger partial charge >= 0.3 is 0 Å². The molecule has 1 aliphatic carbocycles. The molecule has 3 nitrogen and oxygen atoms in total. The molecule has 0 saturated heterocycles. The largest absolute Gasteiger partial charge is 0.374 e. The van der Waals surface area contributed by atoms with Crippen molar-refractivity contribution in [1.82, 2.24) is 0 Å². The van der Waals surface area contributed by atoms with Gasteiger partial charge in [0.2, 0.25) is 0 Å². The maximum Gasteiger partial charge on any atom is 0.167 e. The van der Waals surface area contributed by atoms with E-state index >= 15 is 0 Å². The van der Waals surface area contributed by atoms with E-state index in [0.717, 1.165) is 25.7 Å². The van der Waals surface area contributed by atoms with Crippen molar-refractivity contribution in [3.8, 4) is 0 Å². The number of hydrogen-bond acceptors (Lipinski definition) is 3. The van der Waals surface area contributed by atoms with Crippen molar-refractivity contribution in [2.75, 3.05) is 20.8 Å². The van der Waals surface area contributed by atoms with E-state index < -0.39 is 0 Å². The van der Waals surface area contributed by atoms with E-state index in [0.29, 0.717) is 12.7 Å². The lowest BCUT2D eigenvalue weighted by Gasteiger charge is -2.37. The van der Waals surface area contributed by atoms with Crippen LogP contribution in [0.3, 0.4) is 0 Å². The van der Waals surface area contributed by atoms with Crippen LogP contribution in [0.25, 0.3) is 0 Å². The average molecular weight is 200 g/mol. The van der Waals surface area contributed by atoms with Crippen molar-refractivity contribution in [1.29, 1.82) is 0 Å². The summed E-state index contributed by atoms with van der Waals surface area (Å²) in [5.41, 5.74) is 0. The second-order valence-electron chi connectivity index (χ2n) is 3.64. The topological polar surface area (TPSA) is 27.7 Å². The van der Waals surface area contributed by atoms with Gasteiger partial charge in [0.15, 0.2) is 5.79 Å². The van der Waals surface area contributed by atoms with Crippen molar-refractivity contribution in [3.63, 3.8) is 0 Å². The zero-order chi connectivity index (χ0) is 10.4. The fourth-order valence-corrected chi connectivity index (χ4v) is 1.89. The molecule has 82 valence electrons. The molecule has 0 bridgehead atoms. The molecule has 0 amide bonds. The van der Waals surface area contributed by atoms with Crippen LogP contribution < -0.4 is 0 Å². The molecule has 0 atom stereocenters. The summed E-state index contributed by atoms with van der Waals surface area (Å²) in [6, 6.07) is 0. The van der Waals surface area contributed by atoms with Gasteiger partial charge in [0, 0.05) is 27.1 Å². The Bertz CT molecular complexity index is 165. The second kappa shape index (κ2) is 5.49. The maximum absolute atomic E-state index is 5.59. The lowest BCUT2D eigenvalue weighted by atomic mass is 9.91. The third-order valence-corrected chi connectivity index (χ3v) is 2.89. The van der Waals surface area contributed by atoms with Gasteiger partial charge in [-0.2, -0.15) is 0 Å². The summed E-state index contributed by atoms with van der Waals surface area (Å²) < 4.78 is 16.4. The normalized spacial score (nSPS) is 22.1. The number of hydrogen-bond donors (Lipinski definition) is 0. The summed E-state index contributed by atoms with van der Waals surface area (Å²) in [5.74, 6) is -0.367. The van der Waals surface area contributed by atoms with Crippen molar-refractivity contribution in [3.05, 3.63) is 12.7 Å². The predicted molar refractivity (Wildman–Crippen MR) is 55.2 cm³/mol.